The molecule has 0 spiro atoms. The largest absolute Gasteiger partial charge is 0.313 e. The van der Waals surface area contributed by atoms with E-state index in [1.54, 1.807) is 11.3 Å². The maximum absolute atomic E-state index is 4.26. The van der Waals surface area contributed by atoms with Gasteiger partial charge in [-0.25, -0.2) is 4.98 Å². The zero-order chi connectivity index (χ0) is 11.3. The molecule has 0 aromatic carbocycles. The molecule has 3 heteroatoms. The van der Waals surface area contributed by atoms with Crippen LogP contribution in [-0.4, -0.2) is 17.6 Å². The van der Waals surface area contributed by atoms with Gasteiger partial charge in [0.15, 0.2) is 0 Å². The van der Waals surface area contributed by atoms with Crippen LogP contribution in [0.5, 0.6) is 0 Å². The van der Waals surface area contributed by atoms with Gasteiger partial charge in [0, 0.05) is 17.5 Å². The topological polar surface area (TPSA) is 24.9 Å². The maximum Gasteiger partial charge on any atom is 0.0797 e. The first kappa shape index (κ1) is 12.7. The second kappa shape index (κ2) is 6.23. The first-order chi connectivity index (χ1) is 7.15. The Labute approximate surface area is 97.1 Å². The molecule has 0 amide bonds. The Morgan fingerprint density at radius 1 is 1.47 bits per heavy atom. The molecule has 0 aliphatic carbocycles. The quantitative estimate of drug-likeness (QED) is 0.806. The number of rotatable bonds is 6. The van der Waals surface area contributed by atoms with Crippen molar-refractivity contribution in [1.29, 1.82) is 0 Å². The molecule has 0 aliphatic heterocycles. The molecule has 1 unspecified atom stereocenters. The van der Waals surface area contributed by atoms with Crippen molar-refractivity contribution >= 4 is 11.3 Å². The van der Waals surface area contributed by atoms with E-state index in [-0.39, 0.29) is 0 Å². The molecule has 1 atom stereocenters. The Bertz CT molecular complexity index is 281. The van der Waals surface area contributed by atoms with E-state index in [4.69, 9.17) is 0 Å². The molecular formula is C12H22N2S. The van der Waals surface area contributed by atoms with E-state index in [1.807, 2.05) is 5.51 Å². The third-order valence-corrected chi connectivity index (χ3v) is 3.84. The molecule has 1 rings (SSSR count). The molecule has 1 N–H and O–H groups in total. The van der Waals surface area contributed by atoms with Gasteiger partial charge in [0.05, 0.1) is 11.2 Å². The zero-order valence-corrected chi connectivity index (χ0v) is 11.0. The van der Waals surface area contributed by atoms with Crippen molar-refractivity contribution in [2.24, 2.45) is 5.92 Å². The van der Waals surface area contributed by atoms with Gasteiger partial charge in [-0.3, -0.25) is 0 Å². The molecule has 1 aromatic rings. The number of nitrogens with one attached hydrogen (secondary N) is 1. The Morgan fingerprint density at radius 3 is 2.67 bits per heavy atom. The highest BCUT2D eigenvalue weighted by Crippen LogP contribution is 2.12. The van der Waals surface area contributed by atoms with Gasteiger partial charge in [-0.2, -0.15) is 0 Å². The normalized spacial score (nSPS) is 13.4. The Kier molecular flexibility index (Phi) is 5.26. The smallest absolute Gasteiger partial charge is 0.0797 e. The minimum absolute atomic E-state index is 0.651. The summed E-state index contributed by atoms with van der Waals surface area (Å²) in [5.41, 5.74) is 3.13. The van der Waals surface area contributed by atoms with Crippen LogP contribution in [0, 0.1) is 12.8 Å². The number of nitrogens with zero attached hydrogens (tertiary/aromatic N) is 1. The second-order valence-corrected chi connectivity index (χ2v) is 5.26. The standard InChI is InChI=1S/C12H22N2S/c1-5-11(9(2)3)13-7-6-12-10(4)14-8-15-12/h8-9,11,13H,5-7H2,1-4H3. The van der Waals surface area contributed by atoms with E-state index in [0.29, 0.717) is 6.04 Å². The van der Waals surface area contributed by atoms with E-state index in [9.17, 15) is 0 Å². The maximum atomic E-state index is 4.26. The Balaban J connectivity index is 2.29. The summed E-state index contributed by atoms with van der Waals surface area (Å²) in [7, 11) is 0. The lowest BCUT2D eigenvalue weighted by Crippen LogP contribution is -2.34. The first-order valence-corrected chi connectivity index (χ1v) is 6.65. The molecule has 15 heavy (non-hydrogen) atoms. The molecule has 0 radical (unpaired) electrons. The molecule has 2 nitrogen and oxygen atoms in total. The minimum atomic E-state index is 0.651. The van der Waals surface area contributed by atoms with Gasteiger partial charge in [0.1, 0.15) is 0 Å². The monoisotopic (exact) mass is 226 g/mol. The van der Waals surface area contributed by atoms with Crippen molar-refractivity contribution in [3.63, 3.8) is 0 Å². The Hall–Kier alpha value is -0.410. The number of hydrogen-bond acceptors (Lipinski definition) is 3. The molecular weight excluding hydrogens is 204 g/mol. The Morgan fingerprint density at radius 2 is 2.20 bits per heavy atom. The molecule has 0 saturated carbocycles. The summed E-state index contributed by atoms with van der Waals surface area (Å²) in [6.07, 6.45) is 2.32. The van der Waals surface area contributed by atoms with Gasteiger partial charge < -0.3 is 5.32 Å². The van der Waals surface area contributed by atoms with Crippen LogP contribution < -0.4 is 5.32 Å². The van der Waals surface area contributed by atoms with E-state index in [2.05, 4.69) is 38.0 Å². The molecule has 0 saturated heterocycles. The highest BCUT2D eigenvalue weighted by molar-refractivity contribution is 7.09. The molecule has 0 fully saturated rings. The van der Waals surface area contributed by atoms with Gasteiger partial charge in [-0.15, -0.1) is 11.3 Å². The third-order valence-electron chi connectivity index (χ3n) is 2.85. The number of aryl methyl sites for hydroxylation is 1. The summed E-state index contributed by atoms with van der Waals surface area (Å²) in [5, 5.41) is 3.61. The van der Waals surface area contributed by atoms with Gasteiger partial charge >= 0.3 is 0 Å². The van der Waals surface area contributed by atoms with Crippen LogP contribution in [0.1, 0.15) is 37.8 Å². The van der Waals surface area contributed by atoms with Crippen LogP contribution in [0.3, 0.4) is 0 Å². The van der Waals surface area contributed by atoms with Crippen LogP contribution in [0.2, 0.25) is 0 Å². The van der Waals surface area contributed by atoms with Crippen molar-refractivity contribution in [1.82, 2.24) is 10.3 Å². The molecule has 86 valence electrons. The number of hydrogen-bond donors (Lipinski definition) is 1. The van der Waals surface area contributed by atoms with Crippen molar-refractivity contribution in [3.05, 3.63) is 16.1 Å². The van der Waals surface area contributed by atoms with Crippen LogP contribution in [0.4, 0.5) is 0 Å². The summed E-state index contributed by atoms with van der Waals surface area (Å²) in [6.45, 7) is 9.96. The predicted octanol–water partition coefficient (Wildman–Crippen LogP) is 3.02. The van der Waals surface area contributed by atoms with Crippen LogP contribution >= 0.6 is 11.3 Å². The lowest BCUT2D eigenvalue weighted by Gasteiger charge is -2.20. The van der Waals surface area contributed by atoms with Crippen molar-refractivity contribution < 1.29 is 0 Å². The van der Waals surface area contributed by atoms with E-state index >= 15 is 0 Å². The van der Waals surface area contributed by atoms with E-state index < -0.39 is 0 Å². The molecule has 0 bridgehead atoms. The fourth-order valence-corrected chi connectivity index (χ4v) is 2.57. The van der Waals surface area contributed by atoms with Crippen LogP contribution in [0.25, 0.3) is 0 Å². The predicted molar refractivity (Wildman–Crippen MR) is 67.5 cm³/mol. The van der Waals surface area contributed by atoms with Crippen molar-refractivity contribution in [3.8, 4) is 0 Å². The SMILES string of the molecule is CCC(NCCc1scnc1C)C(C)C. The molecule has 1 heterocycles. The van der Waals surface area contributed by atoms with Gasteiger partial charge in [-0.1, -0.05) is 20.8 Å². The van der Waals surface area contributed by atoms with Gasteiger partial charge in [0.25, 0.3) is 0 Å². The van der Waals surface area contributed by atoms with E-state index in [1.165, 1.54) is 17.0 Å². The summed E-state index contributed by atoms with van der Waals surface area (Å²) in [5.74, 6) is 0.720. The second-order valence-electron chi connectivity index (χ2n) is 4.32. The minimum Gasteiger partial charge on any atom is -0.313 e. The first-order valence-electron chi connectivity index (χ1n) is 5.77. The summed E-state index contributed by atoms with van der Waals surface area (Å²) in [6, 6.07) is 0.651. The molecule has 0 aliphatic rings. The van der Waals surface area contributed by atoms with Crippen molar-refractivity contribution in [2.75, 3.05) is 6.54 Å². The average molecular weight is 226 g/mol. The fraction of sp³-hybridized carbons (Fsp3) is 0.750. The van der Waals surface area contributed by atoms with Crippen LogP contribution in [-0.2, 0) is 6.42 Å². The summed E-state index contributed by atoms with van der Waals surface area (Å²) in [4.78, 5) is 5.68. The summed E-state index contributed by atoms with van der Waals surface area (Å²) >= 11 is 1.77. The molecule has 1 aromatic heterocycles. The highest BCUT2D eigenvalue weighted by atomic mass is 32.1. The average Bonchev–Trinajstić information content (AvgIpc) is 2.58. The summed E-state index contributed by atoms with van der Waals surface area (Å²) < 4.78 is 0. The fourth-order valence-electron chi connectivity index (χ4n) is 1.79. The van der Waals surface area contributed by atoms with Crippen LogP contribution in [0.15, 0.2) is 5.51 Å². The third kappa shape index (κ3) is 3.92. The van der Waals surface area contributed by atoms with Gasteiger partial charge in [-0.05, 0) is 25.7 Å². The lowest BCUT2D eigenvalue weighted by atomic mass is 10.0. The zero-order valence-electron chi connectivity index (χ0n) is 10.2. The van der Waals surface area contributed by atoms with E-state index in [0.717, 1.165) is 18.9 Å². The highest BCUT2D eigenvalue weighted by Gasteiger charge is 2.10. The number of thiazole rings is 1. The number of aromatic nitrogens is 1. The van der Waals surface area contributed by atoms with Crippen molar-refractivity contribution in [2.45, 2.75) is 46.6 Å². The lowest BCUT2D eigenvalue weighted by molar-refractivity contribution is 0.391. The van der Waals surface area contributed by atoms with Gasteiger partial charge in [0.2, 0.25) is 0 Å².